The predicted molar refractivity (Wildman–Crippen MR) is 62.7 cm³/mol. The van der Waals surface area contributed by atoms with E-state index < -0.39 is 0 Å². The molecule has 86 valence electrons. The molecule has 0 saturated carbocycles. The van der Waals surface area contributed by atoms with Gasteiger partial charge in [-0.25, -0.2) is 4.39 Å². The molecular formula is C13H16FNO. The van der Waals surface area contributed by atoms with E-state index in [-0.39, 0.29) is 17.6 Å². The van der Waals surface area contributed by atoms with Gasteiger partial charge in [0.25, 0.3) is 0 Å². The maximum Gasteiger partial charge on any atom is 0.165 e. The Morgan fingerprint density at radius 3 is 2.88 bits per heavy atom. The third-order valence-electron chi connectivity index (χ3n) is 2.06. The van der Waals surface area contributed by atoms with Gasteiger partial charge in [-0.1, -0.05) is 6.07 Å². The average molecular weight is 221 g/mol. The summed E-state index contributed by atoms with van der Waals surface area (Å²) in [4.78, 5) is 0. The Balaban J connectivity index is 2.64. The minimum absolute atomic E-state index is 0.0209. The van der Waals surface area contributed by atoms with Gasteiger partial charge in [-0.05, 0) is 31.0 Å². The molecule has 0 fully saturated rings. The minimum atomic E-state index is -0.366. The predicted octanol–water partition coefficient (Wildman–Crippen LogP) is 2.12. The van der Waals surface area contributed by atoms with Crippen molar-refractivity contribution < 1.29 is 9.13 Å². The summed E-state index contributed by atoms with van der Waals surface area (Å²) in [5, 5.41) is 0. The number of halogens is 1. The minimum Gasteiger partial charge on any atom is -0.490 e. The van der Waals surface area contributed by atoms with Crippen molar-refractivity contribution in [2.75, 3.05) is 6.61 Å². The second kappa shape index (κ2) is 6.14. The maximum absolute atomic E-state index is 13.5. The van der Waals surface area contributed by atoms with Crippen LogP contribution in [0.2, 0.25) is 0 Å². The van der Waals surface area contributed by atoms with Crippen LogP contribution in [0.5, 0.6) is 5.75 Å². The fourth-order valence-corrected chi connectivity index (χ4v) is 1.38. The summed E-state index contributed by atoms with van der Waals surface area (Å²) in [5.41, 5.74) is 6.51. The molecule has 2 N–H and O–H groups in total. The Morgan fingerprint density at radius 1 is 1.56 bits per heavy atom. The lowest BCUT2D eigenvalue weighted by molar-refractivity contribution is 0.310. The molecule has 1 aromatic rings. The maximum atomic E-state index is 13.5. The van der Waals surface area contributed by atoms with Crippen molar-refractivity contribution >= 4 is 0 Å². The van der Waals surface area contributed by atoms with E-state index in [2.05, 4.69) is 5.92 Å². The van der Waals surface area contributed by atoms with Crippen LogP contribution < -0.4 is 10.5 Å². The van der Waals surface area contributed by atoms with E-state index in [1.807, 2.05) is 13.0 Å². The Labute approximate surface area is 95.6 Å². The lowest BCUT2D eigenvalue weighted by Gasteiger charge is -2.09. The van der Waals surface area contributed by atoms with Gasteiger partial charge in [-0.3, -0.25) is 0 Å². The van der Waals surface area contributed by atoms with E-state index in [1.54, 1.807) is 6.07 Å². The standard InChI is InChI=1S/C13H16FNO/c1-3-4-7-16-13-6-5-11(8-10(2)15)9-12(13)14/h1,5-6,9-10H,4,7-8,15H2,2H3. The zero-order chi connectivity index (χ0) is 12.0. The summed E-state index contributed by atoms with van der Waals surface area (Å²) < 4.78 is 18.7. The van der Waals surface area contributed by atoms with Gasteiger partial charge < -0.3 is 10.5 Å². The van der Waals surface area contributed by atoms with Gasteiger partial charge in [0, 0.05) is 12.5 Å². The van der Waals surface area contributed by atoms with Crippen molar-refractivity contribution in [1.82, 2.24) is 0 Å². The van der Waals surface area contributed by atoms with Gasteiger partial charge in [0.2, 0.25) is 0 Å². The molecule has 3 heteroatoms. The molecule has 16 heavy (non-hydrogen) atoms. The third kappa shape index (κ3) is 3.92. The van der Waals surface area contributed by atoms with Gasteiger partial charge in [-0.15, -0.1) is 12.3 Å². The zero-order valence-corrected chi connectivity index (χ0v) is 9.37. The zero-order valence-electron chi connectivity index (χ0n) is 9.37. The number of benzene rings is 1. The summed E-state index contributed by atoms with van der Waals surface area (Å²) >= 11 is 0. The average Bonchev–Trinajstić information content (AvgIpc) is 2.20. The molecule has 1 unspecified atom stereocenters. The first-order chi connectivity index (χ1) is 7.63. The Hall–Kier alpha value is -1.53. The van der Waals surface area contributed by atoms with E-state index in [0.717, 1.165) is 5.56 Å². The Kier molecular flexibility index (Phi) is 4.81. The fraction of sp³-hybridized carbons (Fsp3) is 0.385. The lowest BCUT2D eigenvalue weighted by Crippen LogP contribution is -2.17. The van der Waals surface area contributed by atoms with Gasteiger partial charge in [0.05, 0.1) is 6.61 Å². The molecule has 2 nitrogen and oxygen atoms in total. The number of hydrogen-bond acceptors (Lipinski definition) is 2. The first-order valence-electron chi connectivity index (χ1n) is 5.23. The highest BCUT2D eigenvalue weighted by Gasteiger charge is 2.05. The van der Waals surface area contributed by atoms with Crippen molar-refractivity contribution in [3.63, 3.8) is 0 Å². The Bertz CT molecular complexity index is 382. The smallest absolute Gasteiger partial charge is 0.165 e. The largest absolute Gasteiger partial charge is 0.490 e. The van der Waals surface area contributed by atoms with Gasteiger partial charge >= 0.3 is 0 Å². The second-order valence-corrected chi connectivity index (χ2v) is 3.75. The molecule has 0 radical (unpaired) electrons. The molecule has 0 amide bonds. The van der Waals surface area contributed by atoms with Crippen LogP contribution in [0.15, 0.2) is 18.2 Å². The second-order valence-electron chi connectivity index (χ2n) is 3.75. The third-order valence-corrected chi connectivity index (χ3v) is 2.06. The summed E-state index contributed by atoms with van der Waals surface area (Å²) in [6, 6.07) is 4.91. The highest BCUT2D eigenvalue weighted by Crippen LogP contribution is 2.19. The first-order valence-corrected chi connectivity index (χ1v) is 5.23. The fourth-order valence-electron chi connectivity index (χ4n) is 1.38. The van der Waals surface area contributed by atoms with Gasteiger partial charge in [0.15, 0.2) is 11.6 Å². The summed E-state index contributed by atoms with van der Waals surface area (Å²) in [5.74, 6) is 2.30. The van der Waals surface area contributed by atoms with Crippen LogP contribution in [0.25, 0.3) is 0 Å². The molecule has 0 aliphatic rings. The van der Waals surface area contributed by atoms with Crippen LogP contribution in [-0.2, 0) is 6.42 Å². The normalized spacial score (nSPS) is 11.9. The van der Waals surface area contributed by atoms with Crippen LogP contribution in [0, 0.1) is 18.2 Å². The quantitative estimate of drug-likeness (QED) is 0.610. The molecule has 0 aliphatic carbocycles. The molecule has 1 rings (SSSR count). The number of nitrogens with two attached hydrogens (primary N) is 1. The highest BCUT2D eigenvalue weighted by atomic mass is 19.1. The van der Waals surface area contributed by atoms with Gasteiger partial charge in [-0.2, -0.15) is 0 Å². The Morgan fingerprint density at radius 2 is 2.31 bits per heavy atom. The number of rotatable bonds is 5. The van der Waals surface area contributed by atoms with Crippen molar-refractivity contribution in [2.24, 2.45) is 5.73 Å². The van der Waals surface area contributed by atoms with Crippen molar-refractivity contribution in [2.45, 2.75) is 25.8 Å². The van der Waals surface area contributed by atoms with E-state index in [9.17, 15) is 4.39 Å². The molecule has 0 heterocycles. The van der Waals surface area contributed by atoms with Crippen molar-refractivity contribution in [1.29, 1.82) is 0 Å². The molecule has 0 aromatic heterocycles. The topological polar surface area (TPSA) is 35.2 Å². The number of ether oxygens (including phenoxy) is 1. The lowest BCUT2D eigenvalue weighted by atomic mass is 10.1. The van der Waals surface area contributed by atoms with E-state index >= 15 is 0 Å². The van der Waals surface area contributed by atoms with E-state index in [4.69, 9.17) is 16.9 Å². The monoisotopic (exact) mass is 221 g/mol. The molecule has 0 bridgehead atoms. The van der Waals surface area contributed by atoms with Crippen molar-refractivity contribution in [3.05, 3.63) is 29.6 Å². The summed E-state index contributed by atoms with van der Waals surface area (Å²) in [7, 11) is 0. The number of terminal acetylenes is 1. The van der Waals surface area contributed by atoms with Crippen LogP contribution >= 0.6 is 0 Å². The van der Waals surface area contributed by atoms with Crippen LogP contribution in [0.4, 0.5) is 4.39 Å². The molecule has 0 saturated heterocycles. The van der Waals surface area contributed by atoms with Crippen molar-refractivity contribution in [3.8, 4) is 18.1 Å². The van der Waals surface area contributed by atoms with Crippen LogP contribution in [-0.4, -0.2) is 12.6 Å². The van der Waals surface area contributed by atoms with E-state index in [1.165, 1.54) is 6.07 Å². The molecule has 1 atom stereocenters. The highest BCUT2D eigenvalue weighted by molar-refractivity contribution is 5.29. The molecule has 0 aliphatic heterocycles. The first kappa shape index (κ1) is 12.5. The van der Waals surface area contributed by atoms with Gasteiger partial charge in [0.1, 0.15) is 0 Å². The number of hydrogen-bond donors (Lipinski definition) is 1. The summed E-state index contributed by atoms with van der Waals surface area (Å²) in [6.07, 6.45) is 6.20. The molecular weight excluding hydrogens is 205 g/mol. The molecule has 1 aromatic carbocycles. The van der Waals surface area contributed by atoms with Crippen LogP contribution in [0.3, 0.4) is 0 Å². The van der Waals surface area contributed by atoms with Crippen LogP contribution in [0.1, 0.15) is 18.9 Å². The molecule has 0 spiro atoms. The summed E-state index contributed by atoms with van der Waals surface area (Å²) in [6.45, 7) is 2.22. The SMILES string of the molecule is C#CCCOc1ccc(CC(C)N)cc1F. The van der Waals surface area contributed by atoms with E-state index in [0.29, 0.717) is 19.4 Å².